The molecule has 2 saturated heterocycles. The number of piperidine rings is 1. The predicted molar refractivity (Wildman–Crippen MR) is 84.7 cm³/mol. The Balaban J connectivity index is 1.58. The molecule has 0 bridgehead atoms. The first-order valence-electron chi connectivity index (χ1n) is 8.17. The molecule has 0 aromatic rings. The Morgan fingerprint density at radius 1 is 1.18 bits per heavy atom. The van der Waals surface area contributed by atoms with Gasteiger partial charge in [-0.25, -0.2) is 4.79 Å². The average Bonchev–Trinajstić information content (AvgIpc) is 2.84. The van der Waals surface area contributed by atoms with Gasteiger partial charge in [0.05, 0.1) is 0 Å². The Morgan fingerprint density at radius 3 is 2.64 bits per heavy atom. The highest BCUT2D eigenvalue weighted by molar-refractivity contribution is 5.65. The highest BCUT2D eigenvalue weighted by atomic mass is 16.5. The predicted octanol–water partition coefficient (Wildman–Crippen LogP) is 2.67. The summed E-state index contributed by atoms with van der Waals surface area (Å²) < 4.78 is 6.11. The maximum Gasteiger partial charge on any atom is 0.407 e. The molecule has 22 heavy (non-hydrogen) atoms. The Labute approximate surface area is 131 Å². The average molecular weight is 304 g/mol. The summed E-state index contributed by atoms with van der Waals surface area (Å²) in [5.41, 5.74) is 2.87. The van der Waals surface area contributed by atoms with Crippen molar-refractivity contribution in [3.63, 3.8) is 0 Å². The zero-order valence-electron chi connectivity index (χ0n) is 12.9. The third-order valence-corrected chi connectivity index (χ3v) is 4.61. The molecule has 2 N–H and O–H groups in total. The smallest absolute Gasteiger partial charge is 0.407 e. The summed E-state index contributed by atoms with van der Waals surface area (Å²) >= 11 is 0. The minimum Gasteiger partial charge on any atom is -0.494 e. The first-order valence-corrected chi connectivity index (χ1v) is 8.17. The largest absolute Gasteiger partial charge is 0.494 e. The van der Waals surface area contributed by atoms with E-state index in [1.165, 1.54) is 16.0 Å². The van der Waals surface area contributed by atoms with E-state index in [2.05, 4.69) is 23.5 Å². The Hall–Kier alpha value is -1.75. The molecule has 1 amide bonds. The van der Waals surface area contributed by atoms with Gasteiger partial charge < -0.3 is 20.1 Å². The van der Waals surface area contributed by atoms with Gasteiger partial charge in [-0.05, 0) is 43.2 Å². The van der Waals surface area contributed by atoms with Crippen molar-refractivity contribution in [2.24, 2.45) is 0 Å². The number of carboxylic acid groups (broad SMARTS) is 1. The van der Waals surface area contributed by atoms with Crippen LogP contribution in [0.1, 0.15) is 32.1 Å². The number of fused-ring (bicyclic) bond motifs is 1. The van der Waals surface area contributed by atoms with Gasteiger partial charge in [0.1, 0.15) is 11.9 Å². The molecule has 5 heteroatoms. The van der Waals surface area contributed by atoms with Gasteiger partial charge in [0.25, 0.3) is 0 Å². The highest BCUT2D eigenvalue weighted by Crippen LogP contribution is 2.27. The number of carbonyl (C=O) groups is 1. The van der Waals surface area contributed by atoms with Crippen molar-refractivity contribution in [1.82, 2.24) is 10.2 Å². The second kappa shape index (κ2) is 7.01. The van der Waals surface area contributed by atoms with Crippen molar-refractivity contribution in [3.05, 3.63) is 35.1 Å². The number of hydrogen-bond donors (Lipinski definition) is 2. The van der Waals surface area contributed by atoms with Crippen molar-refractivity contribution < 1.29 is 14.6 Å². The normalized spacial score (nSPS) is 23.5. The summed E-state index contributed by atoms with van der Waals surface area (Å²) in [6.45, 7) is 3.23. The van der Waals surface area contributed by atoms with Crippen LogP contribution in [0.5, 0.6) is 0 Å². The molecule has 3 aliphatic rings. The lowest BCUT2D eigenvalue weighted by atomic mass is 10.0. The van der Waals surface area contributed by atoms with Gasteiger partial charge in [0.2, 0.25) is 0 Å². The summed E-state index contributed by atoms with van der Waals surface area (Å²) in [6.07, 6.45) is 10.5. The van der Waals surface area contributed by atoms with Gasteiger partial charge in [-0.1, -0.05) is 12.2 Å². The molecule has 0 unspecified atom stereocenters. The Morgan fingerprint density at radius 2 is 1.91 bits per heavy atom. The molecule has 2 aliphatic heterocycles. The molecule has 0 spiro atoms. The fourth-order valence-corrected chi connectivity index (χ4v) is 3.27. The molecule has 0 saturated carbocycles. The zero-order valence-corrected chi connectivity index (χ0v) is 12.9. The molecule has 0 aromatic heterocycles. The lowest BCUT2D eigenvalue weighted by Crippen LogP contribution is -2.39. The molecular formula is C17H24N2O3. The summed E-state index contributed by atoms with van der Waals surface area (Å²) in [7, 11) is 0. The monoisotopic (exact) mass is 304 g/mol. The first-order chi connectivity index (χ1) is 10.7. The molecular weight excluding hydrogens is 280 g/mol. The third kappa shape index (κ3) is 3.71. The lowest BCUT2D eigenvalue weighted by molar-refractivity contribution is 0.0487. The number of rotatable bonds is 2. The van der Waals surface area contributed by atoms with Crippen LogP contribution in [0.3, 0.4) is 0 Å². The maximum absolute atomic E-state index is 10.9. The van der Waals surface area contributed by atoms with Crippen LogP contribution in [-0.2, 0) is 4.74 Å². The van der Waals surface area contributed by atoms with Gasteiger partial charge >= 0.3 is 6.09 Å². The van der Waals surface area contributed by atoms with E-state index in [1.807, 2.05) is 0 Å². The number of allylic oxidation sites excluding steroid dienone is 3. The standard InChI is InChI=1S/C17H24N2O3/c20-17(21)19-11-7-16(8-12-19)22-15-3-1-13-5-9-18-10-6-14(13)2-4-15/h1-3,16,18H,4-12H2,(H,20,21). The highest BCUT2D eigenvalue weighted by Gasteiger charge is 2.24. The molecule has 120 valence electrons. The van der Waals surface area contributed by atoms with Crippen LogP contribution < -0.4 is 5.32 Å². The van der Waals surface area contributed by atoms with Crippen molar-refractivity contribution in [2.75, 3.05) is 26.2 Å². The van der Waals surface area contributed by atoms with E-state index >= 15 is 0 Å². The molecule has 2 heterocycles. The number of nitrogens with one attached hydrogen (secondary N) is 1. The van der Waals surface area contributed by atoms with E-state index in [0.717, 1.165) is 51.0 Å². The van der Waals surface area contributed by atoms with Crippen LogP contribution in [0.25, 0.3) is 0 Å². The number of hydrogen-bond acceptors (Lipinski definition) is 3. The van der Waals surface area contributed by atoms with Gasteiger partial charge in [-0.2, -0.15) is 0 Å². The third-order valence-electron chi connectivity index (χ3n) is 4.61. The van der Waals surface area contributed by atoms with Crippen LogP contribution in [-0.4, -0.2) is 48.4 Å². The van der Waals surface area contributed by atoms with Crippen molar-refractivity contribution in [2.45, 2.75) is 38.2 Å². The molecule has 5 nitrogen and oxygen atoms in total. The SMILES string of the molecule is O=C(O)N1CCC(OC2=CC=C3CCNCCC3=CC2)CC1. The second-order valence-electron chi connectivity index (χ2n) is 6.10. The minimum atomic E-state index is -0.824. The summed E-state index contributed by atoms with van der Waals surface area (Å²) in [6, 6.07) is 0. The van der Waals surface area contributed by atoms with E-state index in [0.29, 0.717) is 13.1 Å². The van der Waals surface area contributed by atoms with Crippen LogP contribution >= 0.6 is 0 Å². The molecule has 1 aliphatic carbocycles. The molecule has 0 radical (unpaired) electrons. The van der Waals surface area contributed by atoms with E-state index in [4.69, 9.17) is 9.84 Å². The van der Waals surface area contributed by atoms with Crippen molar-refractivity contribution in [1.29, 1.82) is 0 Å². The van der Waals surface area contributed by atoms with Crippen LogP contribution in [0.15, 0.2) is 35.1 Å². The fraction of sp³-hybridized carbons (Fsp3) is 0.588. The molecule has 0 atom stereocenters. The van der Waals surface area contributed by atoms with Gasteiger partial charge in [0, 0.05) is 32.4 Å². The van der Waals surface area contributed by atoms with Crippen LogP contribution in [0.4, 0.5) is 4.79 Å². The number of nitrogens with zero attached hydrogens (tertiary/aromatic N) is 1. The molecule has 3 rings (SSSR count). The van der Waals surface area contributed by atoms with Gasteiger partial charge in [0.15, 0.2) is 0 Å². The fourth-order valence-electron chi connectivity index (χ4n) is 3.27. The van der Waals surface area contributed by atoms with Crippen molar-refractivity contribution >= 4 is 6.09 Å². The minimum absolute atomic E-state index is 0.142. The van der Waals surface area contributed by atoms with Crippen LogP contribution in [0.2, 0.25) is 0 Å². The zero-order chi connectivity index (χ0) is 15.4. The number of likely N-dealkylation sites (tertiary alicyclic amines) is 1. The van der Waals surface area contributed by atoms with E-state index in [1.54, 1.807) is 0 Å². The molecule has 2 fully saturated rings. The quantitative estimate of drug-likeness (QED) is 0.823. The van der Waals surface area contributed by atoms with Crippen molar-refractivity contribution in [3.8, 4) is 0 Å². The number of ether oxygens (including phenoxy) is 1. The van der Waals surface area contributed by atoms with E-state index in [9.17, 15) is 4.79 Å². The Kier molecular flexibility index (Phi) is 4.83. The molecule has 0 aromatic carbocycles. The van der Waals surface area contributed by atoms with E-state index in [-0.39, 0.29) is 6.10 Å². The summed E-state index contributed by atoms with van der Waals surface area (Å²) in [4.78, 5) is 12.4. The van der Waals surface area contributed by atoms with Crippen LogP contribution in [0, 0.1) is 0 Å². The second-order valence-corrected chi connectivity index (χ2v) is 6.10. The van der Waals surface area contributed by atoms with Gasteiger partial charge in [-0.15, -0.1) is 0 Å². The van der Waals surface area contributed by atoms with Gasteiger partial charge in [-0.3, -0.25) is 0 Å². The maximum atomic E-state index is 10.9. The topological polar surface area (TPSA) is 61.8 Å². The van der Waals surface area contributed by atoms with E-state index < -0.39 is 6.09 Å². The number of amides is 1. The summed E-state index contributed by atoms with van der Waals surface area (Å²) in [5.74, 6) is 1.01. The Bertz CT molecular complexity index is 514. The lowest BCUT2D eigenvalue weighted by Gasteiger charge is -2.30. The first kappa shape index (κ1) is 15.2. The summed E-state index contributed by atoms with van der Waals surface area (Å²) in [5, 5.41) is 12.4.